The highest BCUT2D eigenvalue weighted by Gasteiger charge is 2.20. The Morgan fingerprint density at radius 2 is 2.17 bits per heavy atom. The molecule has 0 unspecified atom stereocenters. The second-order valence-electron chi connectivity index (χ2n) is 5.57. The molecule has 102 valence electrons. The van der Waals surface area contributed by atoms with Crippen LogP contribution in [0.3, 0.4) is 0 Å². The van der Waals surface area contributed by atoms with E-state index in [0.29, 0.717) is 18.9 Å². The van der Waals surface area contributed by atoms with Gasteiger partial charge in [-0.2, -0.15) is 0 Å². The van der Waals surface area contributed by atoms with Gasteiger partial charge in [-0.3, -0.25) is 4.79 Å². The van der Waals surface area contributed by atoms with E-state index in [1.165, 1.54) is 0 Å². The molecule has 1 heterocycles. The van der Waals surface area contributed by atoms with Crippen molar-refractivity contribution >= 4 is 17.2 Å². The molecule has 18 heavy (non-hydrogen) atoms. The van der Waals surface area contributed by atoms with E-state index in [1.54, 1.807) is 37.1 Å². The van der Waals surface area contributed by atoms with Gasteiger partial charge in [0.2, 0.25) is 5.91 Å². The number of rotatable bonds is 5. The predicted molar refractivity (Wildman–Crippen MR) is 73.8 cm³/mol. The van der Waals surface area contributed by atoms with Gasteiger partial charge in [-0.15, -0.1) is 11.3 Å². The zero-order chi connectivity index (χ0) is 13.9. The summed E-state index contributed by atoms with van der Waals surface area (Å²) in [6.07, 6.45) is 0.301. The molecule has 0 saturated carbocycles. The third-order valence-electron chi connectivity index (χ3n) is 2.45. The Bertz CT molecular complexity index is 407. The van der Waals surface area contributed by atoms with Crippen LogP contribution in [-0.2, 0) is 11.2 Å². The normalized spacial score (nSPS) is 11.9. The molecule has 1 rings (SSSR count). The number of aliphatic hydroxyl groups is 1. The van der Waals surface area contributed by atoms with E-state index in [1.807, 2.05) is 5.38 Å². The van der Waals surface area contributed by atoms with Crippen LogP contribution in [-0.4, -0.2) is 40.1 Å². The molecule has 0 aliphatic carbocycles. The smallest absolute Gasteiger partial charge is 0.228 e. The van der Waals surface area contributed by atoms with E-state index in [0.717, 1.165) is 10.7 Å². The first-order valence-electron chi connectivity index (χ1n) is 6.09. The summed E-state index contributed by atoms with van der Waals surface area (Å²) < 4.78 is 0. The minimum absolute atomic E-state index is 0.0160. The van der Waals surface area contributed by atoms with Gasteiger partial charge in [0.05, 0.1) is 22.7 Å². The van der Waals surface area contributed by atoms with Gasteiger partial charge in [-0.05, 0) is 13.8 Å². The number of carbonyl (C=O) groups excluding carboxylic acids is 1. The highest BCUT2D eigenvalue weighted by molar-refractivity contribution is 7.09. The third kappa shape index (κ3) is 4.74. The van der Waals surface area contributed by atoms with Gasteiger partial charge in [0.1, 0.15) is 0 Å². The molecule has 1 amide bonds. The van der Waals surface area contributed by atoms with Gasteiger partial charge in [0, 0.05) is 24.9 Å². The maximum absolute atomic E-state index is 11.9. The van der Waals surface area contributed by atoms with Gasteiger partial charge in [0.15, 0.2) is 0 Å². The van der Waals surface area contributed by atoms with Crippen molar-refractivity contribution in [1.82, 2.24) is 9.88 Å². The predicted octanol–water partition coefficient (Wildman–Crippen LogP) is 2.04. The minimum Gasteiger partial charge on any atom is -0.389 e. The van der Waals surface area contributed by atoms with Crippen LogP contribution in [0.25, 0.3) is 0 Å². The lowest BCUT2D eigenvalue weighted by Crippen LogP contribution is -2.40. The molecular formula is C13H22N2O2S. The Balaban J connectivity index is 2.58. The average Bonchev–Trinajstić information content (AvgIpc) is 2.63. The quantitative estimate of drug-likeness (QED) is 0.891. The van der Waals surface area contributed by atoms with E-state index in [4.69, 9.17) is 0 Å². The first-order chi connectivity index (χ1) is 8.19. The van der Waals surface area contributed by atoms with Crippen LogP contribution in [0.15, 0.2) is 5.38 Å². The Kier molecular flexibility index (Phi) is 4.87. The van der Waals surface area contributed by atoms with Crippen molar-refractivity contribution in [1.29, 1.82) is 0 Å². The molecule has 1 aromatic heterocycles. The van der Waals surface area contributed by atoms with Gasteiger partial charge in [-0.25, -0.2) is 4.98 Å². The lowest BCUT2D eigenvalue weighted by atomic mass is 10.1. The van der Waals surface area contributed by atoms with Crippen molar-refractivity contribution in [2.45, 2.75) is 45.6 Å². The van der Waals surface area contributed by atoms with E-state index >= 15 is 0 Å². The van der Waals surface area contributed by atoms with Crippen molar-refractivity contribution in [3.63, 3.8) is 0 Å². The molecule has 0 saturated heterocycles. The minimum atomic E-state index is -0.865. The molecule has 0 aliphatic heterocycles. The topological polar surface area (TPSA) is 53.4 Å². The summed E-state index contributed by atoms with van der Waals surface area (Å²) in [5.41, 5.74) is -0.0495. The average molecular weight is 270 g/mol. The molecule has 0 bridgehead atoms. The van der Waals surface area contributed by atoms with E-state index in [-0.39, 0.29) is 5.91 Å². The monoisotopic (exact) mass is 270 g/mol. The summed E-state index contributed by atoms with van der Waals surface area (Å²) in [6.45, 7) is 7.88. The Morgan fingerprint density at radius 3 is 2.61 bits per heavy atom. The lowest BCUT2D eigenvalue weighted by molar-refractivity contribution is -0.131. The third-order valence-corrected chi connectivity index (χ3v) is 3.64. The van der Waals surface area contributed by atoms with Crippen LogP contribution in [0.4, 0.5) is 0 Å². The fraction of sp³-hybridized carbons (Fsp3) is 0.692. The van der Waals surface area contributed by atoms with Crippen molar-refractivity contribution in [3.8, 4) is 0 Å². The standard InChI is InChI=1S/C13H22N2O2S/c1-9(2)12-14-10(7-18-12)6-11(16)15(5)8-13(3,4)17/h7,9,17H,6,8H2,1-5H3. The number of amides is 1. The number of aromatic nitrogens is 1. The van der Waals surface area contributed by atoms with Crippen LogP contribution in [0.2, 0.25) is 0 Å². The zero-order valence-corrected chi connectivity index (χ0v) is 12.5. The number of hydrogen-bond acceptors (Lipinski definition) is 4. The molecule has 0 spiro atoms. The van der Waals surface area contributed by atoms with E-state index in [2.05, 4.69) is 18.8 Å². The van der Waals surface area contributed by atoms with Crippen LogP contribution in [0, 0.1) is 0 Å². The summed E-state index contributed by atoms with van der Waals surface area (Å²) in [6, 6.07) is 0. The fourth-order valence-electron chi connectivity index (χ4n) is 1.63. The van der Waals surface area contributed by atoms with Crippen LogP contribution >= 0.6 is 11.3 Å². The van der Waals surface area contributed by atoms with Crippen molar-refractivity contribution < 1.29 is 9.90 Å². The number of nitrogens with zero attached hydrogens (tertiary/aromatic N) is 2. The molecule has 0 fully saturated rings. The van der Waals surface area contributed by atoms with Crippen molar-refractivity contribution in [3.05, 3.63) is 16.1 Å². The summed E-state index contributed by atoms with van der Waals surface area (Å²) in [7, 11) is 1.70. The molecule has 1 aromatic rings. The molecule has 0 aliphatic rings. The highest BCUT2D eigenvalue weighted by Crippen LogP contribution is 2.19. The summed E-state index contributed by atoms with van der Waals surface area (Å²) >= 11 is 1.59. The summed E-state index contributed by atoms with van der Waals surface area (Å²) in [5.74, 6) is 0.380. The first-order valence-corrected chi connectivity index (χ1v) is 6.97. The second-order valence-corrected chi connectivity index (χ2v) is 6.46. The second kappa shape index (κ2) is 5.80. The summed E-state index contributed by atoms with van der Waals surface area (Å²) in [5, 5.41) is 12.7. The first kappa shape index (κ1) is 15.1. The molecule has 1 N–H and O–H groups in total. The van der Waals surface area contributed by atoms with Crippen molar-refractivity contribution in [2.75, 3.05) is 13.6 Å². The largest absolute Gasteiger partial charge is 0.389 e. The molecule has 5 heteroatoms. The highest BCUT2D eigenvalue weighted by atomic mass is 32.1. The lowest BCUT2D eigenvalue weighted by Gasteiger charge is -2.25. The van der Waals surface area contributed by atoms with Crippen LogP contribution in [0.5, 0.6) is 0 Å². The van der Waals surface area contributed by atoms with Gasteiger partial charge in [0.25, 0.3) is 0 Å². The molecule has 4 nitrogen and oxygen atoms in total. The van der Waals surface area contributed by atoms with Crippen LogP contribution in [0.1, 0.15) is 44.3 Å². The van der Waals surface area contributed by atoms with Crippen LogP contribution < -0.4 is 0 Å². The molecule has 0 radical (unpaired) electrons. The maximum atomic E-state index is 11.9. The van der Waals surface area contributed by atoms with Gasteiger partial charge in [-0.1, -0.05) is 13.8 Å². The Labute approximate surface area is 113 Å². The van der Waals surface area contributed by atoms with Crippen molar-refractivity contribution in [2.24, 2.45) is 0 Å². The van der Waals surface area contributed by atoms with Gasteiger partial charge < -0.3 is 10.0 Å². The molecule has 0 aromatic carbocycles. The Hall–Kier alpha value is -0.940. The Morgan fingerprint density at radius 1 is 1.56 bits per heavy atom. The summed E-state index contributed by atoms with van der Waals surface area (Å²) in [4.78, 5) is 17.9. The number of thiazole rings is 1. The fourth-order valence-corrected chi connectivity index (χ4v) is 2.46. The van der Waals surface area contributed by atoms with E-state index < -0.39 is 5.60 Å². The number of likely N-dealkylation sites (N-methyl/N-ethyl adjacent to an activating group) is 1. The zero-order valence-electron chi connectivity index (χ0n) is 11.7. The number of hydrogen-bond donors (Lipinski definition) is 1. The molecular weight excluding hydrogens is 248 g/mol. The van der Waals surface area contributed by atoms with Gasteiger partial charge >= 0.3 is 0 Å². The number of carbonyl (C=O) groups is 1. The molecule has 0 atom stereocenters. The SMILES string of the molecule is CC(C)c1nc(CC(=O)N(C)CC(C)(C)O)cs1. The van der Waals surface area contributed by atoms with E-state index in [9.17, 15) is 9.90 Å². The maximum Gasteiger partial charge on any atom is 0.228 e.